The molecule has 0 saturated heterocycles. The molecular formula is C12H10ClFN2O2S. The molecule has 0 aliphatic rings. The summed E-state index contributed by atoms with van der Waals surface area (Å²) >= 11 is 6.83. The molecule has 1 heterocycles. The molecule has 2 aromatic rings. The highest BCUT2D eigenvalue weighted by atomic mass is 35.5. The van der Waals surface area contributed by atoms with Crippen LogP contribution in [0.4, 0.5) is 15.2 Å². The third kappa shape index (κ3) is 3.02. The lowest BCUT2D eigenvalue weighted by Gasteiger charge is -2.04. The predicted octanol–water partition coefficient (Wildman–Crippen LogP) is 3.77. The van der Waals surface area contributed by atoms with Gasteiger partial charge in [-0.2, -0.15) is 0 Å². The van der Waals surface area contributed by atoms with Gasteiger partial charge in [0.15, 0.2) is 15.2 Å². The van der Waals surface area contributed by atoms with E-state index in [2.05, 4.69) is 15.0 Å². The molecule has 0 atom stereocenters. The van der Waals surface area contributed by atoms with Crippen molar-refractivity contribution in [2.75, 3.05) is 12.4 Å². The number of nitrogens with one attached hydrogen (secondary N) is 1. The Balaban J connectivity index is 2.29. The van der Waals surface area contributed by atoms with Gasteiger partial charge < -0.3 is 10.1 Å². The van der Waals surface area contributed by atoms with E-state index in [1.807, 2.05) is 6.92 Å². The van der Waals surface area contributed by atoms with Crippen LogP contribution in [0.2, 0.25) is 5.15 Å². The van der Waals surface area contributed by atoms with Crippen LogP contribution < -0.4 is 5.32 Å². The van der Waals surface area contributed by atoms with E-state index in [0.717, 1.165) is 16.9 Å². The molecule has 0 fully saturated rings. The topological polar surface area (TPSA) is 51.2 Å². The summed E-state index contributed by atoms with van der Waals surface area (Å²) in [5.74, 6) is -0.975. The summed E-state index contributed by atoms with van der Waals surface area (Å²) in [6, 6.07) is 4.66. The molecule has 19 heavy (non-hydrogen) atoms. The molecule has 0 aliphatic heterocycles. The monoisotopic (exact) mass is 300 g/mol. The summed E-state index contributed by atoms with van der Waals surface area (Å²) in [5.41, 5.74) is 1.18. The van der Waals surface area contributed by atoms with Crippen molar-refractivity contribution in [3.05, 3.63) is 39.6 Å². The van der Waals surface area contributed by atoms with Gasteiger partial charge in [-0.15, -0.1) is 0 Å². The van der Waals surface area contributed by atoms with Crippen molar-refractivity contribution in [1.82, 2.24) is 4.98 Å². The fourth-order valence-corrected chi connectivity index (χ4v) is 2.54. The number of methoxy groups -OCH3 is 1. The average Bonchev–Trinajstić information content (AvgIpc) is 2.74. The Morgan fingerprint density at radius 3 is 2.95 bits per heavy atom. The molecular weight excluding hydrogens is 291 g/mol. The largest absolute Gasteiger partial charge is 0.465 e. The quantitative estimate of drug-likeness (QED) is 0.877. The second-order valence-electron chi connectivity index (χ2n) is 3.74. The smallest absolute Gasteiger partial charge is 0.351 e. The van der Waals surface area contributed by atoms with E-state index in [0.29, 0.717) is 5.13 Å². The normalized spacial score (nSPS) is 10.3. The standard InChI is InChI=1S/C12H10ClFN2O2S/c1-6-3-4-7(14)8(5-6)15-12-16-10(13)9(19-12)11(17)18-2/h3-5H,1-2H3,(H,15,16). The molecule has 0 spiro atoms. The second-order valence-corrected chi connectivity index (χ2v) is 5.10. The highest BCUT2D eigenvalue weighted by molar-refractivity contribution is 7.18. The Labute approximate surface area is 118 Å². The number of anilines is 2. The van der Waals surface area contributed by atoms with Gasteiger partial charge in [-0.1, -0.05) is 29.0 Å². The Hall–Kier alpha value is -1.66. The van der Waals surface area contributed by atoms with E-state index < -0.39 is 11.8 Å². The predicted molar refractivity (Wildman–Crippen MR) is 72.9 cm³/mol. The fourth-order valence-electron chi connectivity index (χ4n) is 1.42. The minimum atomic E-state index is -0.569. The first-order chi connectivity index (χ1) is 9.01. The van der Waals surface area contributed by atoms with Gasteiger partial charge in [0.2, 0.25) is 0 Å². The lowest BCUT2D eigenvalue weighted by Crippen LogP contribution is -1.98. The van der Waals surface area contributed by atoms with Crippen molar-refractivity contribution in [3.8, 4) is 0 Å². The Bertz CT molecular complexity index is 630. The molecule has 1 aromatic carbocycles. The van der Waals surface area contributed by atoms with Crippen LogP contribution >= 0.6 is 22.9 Å². The molecule has 7 heteroatoms. The first-order valence-electron chi connectivity index (χ1n) is 5.29. The summed E-state index contributed by atoms with van der Waals surface area (Å²) in [6.07, 6.45) is 0. The van der Waals surface area contributed by atoms with Crippen LogP contribution in [0.5, 0.6) is 0 Å². The number of aromatic nitrogens is 1. The lowest BCUT2D eigenvalue weighted by atomic mass is 10.2. The zero-order chi connectivity index (χ0) is 14.0. The summed E-state index contributed by atoms with van der Waals surface area (Å²) in [6.45, 7) is 1.85. The Morgan fingerprint density at radius 2 is 2.26 bits per heavy atom. The molecule has 2 rings (SSSR count). The van der Waals surface area contributed by atoms with Gasteiger partial charge in [-0.25, -0.2) is 14.2 Å². The average molecular weight is 301 g/mol. The van der Waals surface area contributed by atoms with E-state index in [4.69, 9.17) is 11.6 Å². The first kappa shape index (κ1) is 13.8. The number of benzene rings is 1. The number of hydrogen-bond donors (Lipinski definition) is 1. The molecule has 0 aliphatic carbocycles. The number of carbonyl (C=O) groups excluding carboxylic acids is 1. The van der Waals surface area contributed by atoms with E-state index in [1.54, 1.807) is 12.1 Å². The summed E-state index contributed by atoms with van der Waals surface area (Å²) in [5, 5.41) is 3.16. The van der Waals surface area contributed by atoms with Crippen LogP contribution in [0.1, 0.15) is 15.2 Å². The number of thiazole rings is 1. The van der Waals surface area contributed by atoms with Crippen LogP contribution in [0.3, 0.4) is 0 Å². The highest BCUT2D eigenvalue weighted by Crippen LogP contribution is 2.30. The summed E-state index contributed by atoms with van der Waals surface area (Å²) < 4.78 is 18.1. The highest BCUT2D eigenvalue weighted by Gasteiger charge is 2.17. The third-order valence-corrected chi connectivity index (χ3v) is 3.66. The second kappa shape index (κ2) is 5.54. The summed E-state index contributed by atoms with van der Waals surface area (Å²) in [4.78, 5) is 15.5. The maximum atomic E-state index is 13.6. The van der Waals surface area contributed by atoms with E-state index in [-0.39, 0.29) is 15.7 Å². The maximum absolute atomic E-state index is 13.6. The van der Waals surface area contributed by atoms with Crippen molar-refractivity contribution in [3.63, 3.8) is 0 Å². The molecule has 100 valence electrons. The molecule has 0 amide bonds. The van der Waals surface area contributed by atoms with Crippen molar-refractivity contribution >= 4 is 39.7 Å². The van der Waals surface area contributed by atoms with Crippen molar-refractivity contribution < 1.29 is 13.9 Å². The first-order valence-corrected chi connectivity index (χ1v) is 6.48. The van der Waals surface area contributed by atoms with Crippen LogP contribution in [0.15, 0.2) is 18.2 Å². The van der Waals surface area contributed by atoms with Gasteiger partial charge in [0.1, 0.15) is 5.82 Å². The number of aryl methyl sites for hydroxylation is 1. The minimum Gasteiger partial charge on any atom is -0.465 e. The molecule has 0 unspecified atom stereocenters. The van der Waals surface area contributed by atoms with Gasteiger partial charge in [-0.05, 0) is 24.6 Å². The van der Waals surface area contributed by atoms with Crippen molar-refractivity contribution in [1.29, 1.82) is 0 Å². The molecule has 0 radical (unpaired) electrons. The fraction of sp³-hybridized carbons (Fsp3) is 0.167. The van der Waals surface area contributed by atoms with E-state index in [9.17, 15) is 9.18 Å². The minimum absolute atomic E-state index is 0.0346. The number of halogens is 2. The van der Waals surface area contributed by atoms with Gasteiger partial charge in [-0.3, -0.25) is 0 Å². The molecule has 0 saturated carbocycles. The summed E-state index contributed by atoms with van der Waals surface area (Å²) in [7, 11) is 1.26. The lowest BCUT2D eigenvalue weighted by molar-refractivity contribution is 0.0606. The van der Waals surface area contributed by atoms with Crippen LogP contribution in [0, 0.1) is 12.7 Å². The zero-order valence-corrected chi connectivity index (χ0v) is 11.7. The van der Waals surface area contributed by atoms with Gasteiger partial charge in [0.25, 0.3) is 0 Å². The van der Waals surface area contributed by atoms with Gasteiger partial charge in [0, 0.05) is 0 Å². The number of rotatable bonds is 3. The van der Waals surface area contributed by atoms with E-state index >= 15 is 0 Å². The maximum Gasteiger partial charge on any atom is 0.351 e. The number of carbonyl (C=O) groups is 1. The number of nitrogens with zero attached hydrogens (tertiary/aromatic N) is 1. The van der Waals surface area contributed by atoms with E-state index in [1.165, 1.54) is 13.2 Å². The number of ether oxygens (including phenoxy) is 1. The molecule has 4 nitrogen and oxygen atoms in total. The zero-order valence-electron chi connectivity index (χ0n) is 10.2. The SMILES string of the molecule is COC(=O)c1sc(Nc2cc(C)ccc2F)nc1Cl. The van der Waals surface area contributed by atoms with Gasteiger partial charge >= 0.3 is 5.97 Å². The van der Waals surface area contributed by atoms with Crippen molar-refractivity contribution in [2.24, 2.45) is 0 Å². The van der Waals surface area contributed by atoms with Crippen LogP contribution in [-0.2, 0) is 4.74 Å². The Morgan fingerprint density at radius 1 is 1.53 bits per heavy atom. The van der Waals surface area contributed by atoms with Crippen LogP contribution in [0.25, 0.3) is 0 Å². The van der Waals surface area contributed by atoms with Crippen LogP contribution in [-0.4, -0.2) is 18.1 Å². The van der Waals surface area contributed by atoms with Crippen molar-refractivity contribution in [2.45, 2.75) is 6.92 Å². The molecule has 1 aromatic heterocycles. The number of hydrogen-bond acceptors (Lipinski definition) is 5. The molecule has 0 bridgehead atoms. The number of esters is 1. The molecule has 1 N–H and O–H groups in total. The van der Waals surface area contributed by atoms with Gasteiger partial charge in [0.05, 0.1) is 12.8 Å². The third-order valence-electron chi connectivity index (χ3n) is 2.32. The Kier molecular flexibility index (Phi) is 4.01.